The second-order valence-electron chi connectivity index (χ2n) is 7.73. The molecule has 1 saturated carbocycles. The molecule has 5 nitrogen and oxygen atoms in total. The summed E-state index contributed by atoms with van der Waals surface area (Å²) in [6, 6.07) is 0. The molecular weight excluding hydrogens is 284 g/mol. The molecule has 3 atom stereocenters. The average molecular weight is 308 g/mol. The Labute approximate surface area is 130 Å². The van der Waals surface area contributed by atoms with E-state index in [1.807, 2.05) is 0 Å². The van der Waals surface area contributed by atoms with Gasteiger partial charge in [-0.3, -0.25) is 0 Å². The normalized spacial score (nSPS) is 39.9. The number of rotatable bonds is 1. The lowest BCUT2D eigenvalue weighted by atomic mass is 9.49. The van der Waals surface area contributed by atoms with Crippen LogP contribution in [0, 0.1) is 16.7 Å². The van der Waals surface area contributed by atoms with E-state index < -0.39 is 23.1 Å². The summed E-state index contributed by atoms with van der Waals surface area (Å²) in [7, 11) is 1.19. The van der Waals surface area contributed by atoms with Gasteiger partial charge in [0.2, 0.25) is 0 Å². The molecule has 0 aromatic heterocycles. The first kappa shape index (κ1) is 15.5. The third-order valence-corrected chi connectivity index (χ3v) is 6.07. The topological polar surface area (TPSA) is 72.8 Å². The van der Waals surface area contributed by atoms with E-state index in [0.29, 0.717) is 23.5 Å². The van der Waals surface area contributed by atoms with Gasteiger partial charge >= 0.3 is 17.7 Å². The number of carbonyl (C=O) groups is 2. The number of fused-ring (bicyclic) bond motifs is 2. The van der Waals surface area contributed by atoms with Crippen LogP contribution in [0.25, 0.3) is 0 Å². The first-order valence-electron chi connectivity index (χ1n) is 7.95. The smallest absolute Gasteiger partial charge is 0.384 e. The molecule has 0 amide bonds. The minimum absolute atomic E-state index is 0.105. The van der Waals surface area contributed by atoms with Gasteiger partial charge in [-0.2, -0.15) is 0 Å². The van der Waals surface area contributed by atoms with E-state index >= 15 is 0 Å². The van der Waals surface area contributed by atoms with Crippen molar-refractivity contribution in [2.75, 3.05) is 7.11 Å². The second kappa shape index (κ2) is 4.57. The zero-order chi connectivity index (χ0) is 16.3. The quantitative estimate of drug-likeness (QED) is 0.753. The SMILES string of the molecule is COC(=O)C1(O)OC(=O)C2=C1[C@@]1(C)CCCC(C)(C)[C@@H]1CC2. The molecule has 1 N–H and O–H groups in total. The fraction of sp³-hybridized carbons (Fsp3) is 0.765. The van der Waals surface area contributed by atoms with Crippen LogP contribution in [0.1, 0.15) is 52.9 Å². The van der Waals surface area contributed by atoms with Crippen LogP contribution in [-0.4, -0.2) is 29.9 Å². The molecule has 3 rings (SSSR count). The highest BCUT2D eigenvalue weighted by atomic mass is 16.7. The van der Waals surface area contributed by atoms with E-state index in [-0.39, 0.29) is 5.41 Å². The van der Waals surface area contributed by atoms with Gasteiger partial charge in [-0.05, 0) is 42.4 Å². The van der Waals surface area contributed by atoms with Crippen LogP contribution in [0.4, 0.5) is 0 Å². The Bertz CT molecular complexity index is 576. The van der Waals surface area contributed by atoms with Crippen molar-refractivity contribution in [3.05, 3.63) is 11.1 Å². The third kappa shape index (κ3) is 1.81. The van der Waals surface area contributed by atoms with E-state index in [9.17, 15) is 14.7 Å². The number of hydrogen-bond donors (Lipinski definition) is 1. The van der Waals surface area contributed by atoms with Crippen molar-refractivity contribution in [3.63, 3.8) is 0 Å². The highest BCUT2D eigenvalue weighted by Crippen LogP contribution is 2.63. The van der Waals surface area contributed by atoms with Crippen LogP contribution in [-0.2, 0) is 19.1 Å². The summed E-state index contributed by atoms with van der Waals surface area (Å²) in [5.41, 5.74) is 0.628. The Morgan fingerprint density at radius 1 is 1.32 bits per heavy atom. The van der Waals surface area contributed by atoms with Crippen LogP contribution in [0.3, 0.4) is 0 Å². The molecular formula is C17H24O5. The van der Waals surface area contributed by atoms with Crippen LogP contribution >= 0.6 is 0 Å². The summed E-state index contributed by atoms with van der Waals surface area (Å²) >= 11 is 0. The summed E-state index contributed by atoms with van der Waals surface area (Å²) in [4.78, 5) is 24.3. The fourth-order valence-corrected chi connectivity index (χ4v) is 5.21. The minimum atomic E-state index is -2.25. The average Bonchev–Trinajstić information content (AvgIpc) is 2.70. The van der Waals surface area contributed by atoms with E-state index in [0.717, 1.165) is 25.7 Å². The molecule has 5 heteroatoms. The Balaban J connectivity index is 2.16. The standard InChI is InChI=1S/C17H24O5/c1-15(2)8-5-9-16(3)11(15)7-6-10-12(16)17(20,14(19)21-4)22-13(10)18/h11,20H,5-9H2,1-4H3/t11-,16-,17?/m0/s1. The number of esters is 2. The number of hydrogen-bond acceptors (Lipinski definition) is 5. The van der Waals surface area contributed by atoms with E-state index in [1.165, 1.54) is 7.11 Å². The van der Waals surface area contributed by atoms with Crippen molar-refractivity contribution in [2.45, 2.75) is 58.7 Å². The van der Waals surface area contributed by atoms with Gasteiger partial charge < -0.3 is 14.6 Å². The van der Waals surface area contributed by atoms with Gasteiger partial charge in [0.1, 0.15) is 0 Å². The highest BCUT2D eigenvalue weighted by Gasteiger charge is 2.64. The molecule has 2 aliphatic carbocycles. The van der Waals surface area contributed by atoms with Crippen LogP contribution in [0.15, 0.2) is 11.1 Å². The molecule has 0 saturated heterocycles. The molecule has 0 radical (unpaired) electrons. The lowest BCUT2D eigenvalue weighted by Crippen LogP contribution is -2.53. The molecule has 0 bridgehead atoms. The number of cyclic esters (lactones) is 1. The maximum absolute atomic E-state index is 12.2. The molecule has 22 heavy (non-hydrogen) atoms. The Morgan fingerprint density at radius 3 is 2.64 bits per heavy atom. The molecule has 3 aliphatic rings. The van der Waals surface area contributed by atoms with E-state index in [2.05, 4.69) is 20.8 Å². The van der Waals surface area contributed by atoms with Crippen molar-refractivity contribution >= 4 is 11.9 Å². The van der Waals surface area contributed by atoms with Crippen LogP contribution in [0.5, 0.6) is 0 Å². The Morgan fingerprint density at radius 2 is 2.00 bits per heavy atom. The van der Waals surface area contributed by atoms with Gasteiger partial charge in [0, 0.05) is 11.1 Å². The molecule has 0 aromatic carbocycles. The van der Waals surface area contributed by atoms with Crippen LogP contribution in [0.2, 0.25) is 0 Å². The van der Waals surface area contributed by atoms with Crippen molar-refractivity contribution in [3.8, 4) is 0 Å². The first-order valence-corrected chi connectivity index (χ1v) is 7.95. The van der Waals surface area contributed by atoms with Crippen molar-refractivity contribution in [1.29, 1.82) is 0 Å². The van der Waals surface area contributed by atoms with Crippen molar-refractivity contribution in [1.82, 2.24) is 0 Å². The second-order valence-corrected chi connectivity index (χ2v) is 7.73. The number of methoxy groups -OCH3 is 1. The van der Waals surface area contributed by atoms with E-state index in [1.54, 1.807) is 0 Å². The molecule has 1 heterocycles. The number of aliphatic hydroxyl groups is 1. The summed E-state index contributed by atoms with van der Waals surface area (Å²) in [6.07, 6.45) is 4.39. The summed E-state index contributed by atoms with van der Waals surface area (Å²) in [5.74, 6) is -3.43. The third-order valence-electron chi connectivity index (χ3n) is 6.07. The maximum Gasteiger partial charge on any atom is 0.384 e. The Hall–Kier alpha value is -1.36. The molecule has 1 fully saturated rings. The first-order chi connectivity index (χ1) is 10.2. The monoisotopic (exact) mass is 308 g/mol. The van der Waals surface area contributed by atoms with Gasteiger partial charge in [-0.15, -0.1) is 0 Å². The molecule has 1 aliphatic heterocycles. The largest absolute Gasteiger partial charge is 0.464 e. The van der Waals surface area contributed by atoms with E-state index in [4.69, 9.17) is 9.47 Å². The summed E-state index contributed by atoms with van der Waals surface area (Å²) < 4.78 is 9.81. The lowest BCUT2D eigenvalue weighted by molar-refractivity contribution is -0.210. The minimum Gasteiger partial charge on any atom is -0.464 e. The lowest BCUT2D eigenvalue weighted by Gasteiger charge is -2.54. The van der Waals surface area contributed by atoms with Crippen molar-refractivity contribution < 1.29 is 24.2 Å². The fourth-order valence-electron chi connectivity index (χ4n) is 5.21. The summed E-state index contributed by atoms with van der Waals surface area (Å²) in [5, 5.41) is 10.8. The zero-order valence-corrected chi connectivity index (χ0v) is 13.7. The molecule has 1 unspecified atom stereocenters. The van der Waals surface area contributed by atoms with Gasteiger partial charge in [0.05, 0.1) is 7.11 Å². The summed E-state index contributed by atoms with van der Waals surface area (Å²) in [6.45, 7) is 6.52. The number of carbonyl (C=O) groups excluding carboxylic acids is 2. The molecule has 122 valence electrons. The zero-order valence-electron chi connectivity index (χ0n) is 13.7. The number of ether oxygens (including phenoxy) is 2. The Kier molecular flexibility index (Phi) is 3.23. The van der Waals surface area contributed by atoms with Gasteiger partial charge in [-0.1, -0.05) is 27.2 Å². The molecule has 0 spiro atoms. The van der Waals surface area contributed by atoms with Gasteiger partial charge in [-0.25, -0.2) is 9.59 Å². The highest BCUT2D eigenvalue weighted by molar-refractivity contribution is 6.00. The predicted octanol–water partition coefficient (Wildman–Crippen LogP) is 2.33. The van der Waals surface area contributed by atoms with Gasteiger partial charge in [0.15, 0.2) is 0 Å². The maximum atomic E-state index is 12.2. The predicted molar refractivity (Wildman–Crippen MR) is 78.5 cm³/mol. The van der Waals surface area contributed by atoms with Crippen LogP contribution < -0.4 is 0 Å². The molecule has 0 aromatic rings. The van der Waals surface area contributed by atoms with Crippen molar-refractivity contribution in [2.24, 2.45) is 16.7 Å². The van der Waals surface area contributed by atoms with Gasteiger partial charge in [0.25, 0.3) is 0 Å².